The Morgan fingerprint density at radius 3 is 2.95 bits per heavy atom. The van der Waals surface area contributed by atoms with Gasteiger partial charge in [-0.2, -0.15) is 0 Å². The molecule has 2 rings (SSSR count). The molecule has 1 heterocycles. The van der Waals surface area contributed by atoms with Crippen LogP contribution in [0.4, 0.5) is 5.69 Å². The zero-order chi connectivity index (χ0) is 14.4. The number of anilines is 1. The third-order valence-corrected chi connectivity index (χ3v) is 3.88. The van der Waals surface area contributed by atoms with Gasteiger partial charge in [-0.05, 0) is 18.2 Å². The second kappa shape index (κ2) is 7.12. The van der Waals surface area contributed by atoms with Crippen LogP contribution >= 0.6 is 23.4 Å². The fourth-order valence-electron chi connectivity index (χ4n) is 1.59. The Labute approximate surface area is 127 Å². The summed E-state index contributed by atoms with van der Waals surface area (Å²) in [6.45, 7) is 3.69. The van der Waals surface area contributed by atoms with Crippen LogP contribution in [0.3, 0.4) is 0 Å². The molecule has 0 atom stereocenters. The molecular formula is C15H13ClN2OS. The van der Waals surface area contributed by atoms with Crippen molar-refractivity contribution in [1.82, 2.24) is 4.98 Å². The highest BCUT2D eigenvalue weighted by atomic mass is 35.5. The number of nitrogens with zero attached hydrogens (tertiary/aromatic N) is 1. The number of hydrogen-bond acceptors (Lipinski definition) is 3. The Morgan fingerprint density at radius 2 is 2.20 bits per heavy atom. The first kappa shape index (κ1) is 14.6. The maximum atomic E-state index is 12.2. The number of thioether (sulfide) groups is 1. The van der Waals surface area contributed by atoms with Crippen LogP contribution in [0.15, 0.2) is 60.3 Å². The van der Waals surface area contributed by atoms with Gasteiger partial charge >= 0.3 is 0 Å². The first-order valence-corrected chi connectivity index (χ1v) is 7.32. The van der Waals surface area contributed by atoms with Crippen molar-refractivity contribution >= 4 is 35.0 Å². The standard InChI is InChI=1S/C15H13ClN2OS/c1-2-9-20-14-6-4-3-5-13(14)18-15(19)11-7-8-17-10-12(11)16/h2-8,10H,1,9H2,(H,18,19). The number of para-hydroxylation sites is 1. The van der Waals surface area contributed by atoms with Gasteiger partial charge in [0, 0.05) is 23.0 Å². The first-order chi connectivity index (χ1) is 9.72. The summed E-state index contributed by atoms with van der Waals surface area (Å²) < 4.78 is 0. The molecule has 1 amide bonds. The number of benzene rings is 1. The van der Waals surface area contributed by atoms with E-state index in [9.17, 15) is 4.79 Å². The minimum atomic E-state index is -0.246. The fourth-order valence-corrected chi connectivity index (χ4v) is 2.55. The minimum Gasteiger partial charge on any atom is -0.321 e. The number of carbonyl (C=O) groups excluding carboxylic acids is 1. The van der Waals surface area contributed by atoms with Crippen molar-refractivity contribution in [2.45, 2.75) is 4.90 Å². The topological polar surface area (TPSA) is 42.0 Å². The van der Waals surface area contributed by atoms with E-state index in [4.69, 9.17) is 11.6 Å². The average Bonchev–Trinajstić information content (AvgIpc) is 2.46. The molecule has 3 nitrogen and oxygen atoms in total. The van der Waals surface area contributed by atoms with Crippen molar-refractivity contribution in [1.29, 1.82) is 0 Å². The van der Waals surface area contributed by atoms with Gasteiger partial charge in [0.15, 0.2) is 0 Å². The van der Waals surface area contributed by atoms with Crippen LogP contribution < -0.4 is 5.32 Å². The highest BCUT2D eigenvalue weighted by molar-refractivity contribution is 7.99. The molecule has 1 aromatic carbocycles. The van der Waals surface area contributed by atoms with E-state index in [1.54, 1.807) is 24.0 Å². The first-order valence-electron chi connectivity index (χ1n) is 5.96. The molecule has 0 aliphatic heterocycles. The van der Waals surface area contributed by atoms with Crippen LogP contribution in [0.2, 0.25) is 5.02 Å². The number of carbonyl (C=O) groups is 1. The Kier molecular flexibility index (Phi) is 5.21. The summed E-state index contributed by atoms with van der Waals surface area (Å²) in [6.07, 6.45) is 4.82. The van der Waals surface area contributed by atoms with E-state index in [0.29, 0.717) is 10.6 Å². The lowest BCUT2D eigenvalue weighted by Gasteiger charge is -2.10. The molecular weight excluding hydrogens is 292 g/mol. The van der Waals surface area contributed by atoms with Crippen LogP contribution in [0, 0.1) is 0 Å². The highest BCUT2D eigenvalue weighted by Gasteiger charge is 2.12. The largest absolute Gasteiger partial charge is 0.321 e. The van der Waals surface area contributed by atoms with Crippen molar-refractivity contribution in [2.75, 3.05) is 11.1 Å². The van der Waals surface area contributed by atoms with Gasteiger partial charge in [0.1, 0.15) is 0 Å². The van der Waals surface area contributed by atoms with Crippen molar-refractivity contribution in [3.05, 3.63) is 66.0 Å². The van der Waals surface area contributed by atoms with E-state index in [2.05, 4.69) is 16.9 Å². The Hall–Kier alpha value is -1.78. The van der Waals surface area contributed by atoms with Crippen molar-refractivity contribution in [3.63, 3.8) is 0 Å². The SMILES string of the molecule is C=CCSc1ccccc1NC(=O)c1ccncc1Cl. The molecule has 0 fully saturated rings. The molecule has 0 radical (unpaired) electrons. The Balaban J connectivity index is 2.20. The molecule has 2 aromatic rings. The lowest BCUT2D eigenvalue weighted by atomic mass is 10.2. The summed E-state index contributed by atoms with van der Waals surface area (Å²) >= 11 is 7.58. The maximum Gasteiger partial charge on any atom is 0.257 e. The van der Waals surface area contributed by atoms with Gasteiger partial charge in [0.05, 0.1) is 16.3 Å². The predicted octanol–water partition coefficient (Wildman–Crippen LogP) is 4.27. The number of pyridine rings is 1. The molecule has 102 valence electrons. The van der Waals surface area contributed by atoms with Gasteiger partial charge in [-0.25, -0.2) is 0 Å². The second-order valence-electron chi connectivity index (χ2n) is 3.91. The lowest BCUT2D eigenvalue weighted by molar-refractivity contribution is 0.102. The predicted molar refractivity (Wildman–Crippen MR) is 84.6 cm³/mol. The molecule has 1 N–H and O–H groups in total. The van der Waals surface area contributed by atoms with Crippen LogP contribution in [-0.4, -0.2) is 16.6 Å². The summed E-state index contributed by atoms with van der Waals surface area (Å²) in [7, 11) is 0. The van der Waals surface area contributed by atoms with Crippen molar-refractivity contribution < 1.29 is 4.79 Å². The molecule has 0 saturated carbocycles. The van der Waals surface area contributed by atoms with E-state index < -0.39 is 0 Å². The smallest absolute Gasteiger partial charge is 0.257 e. The Bertz CT molecular complexity index is 631. The zero-order valence-electron chi connectivity index (χ0n) is 10.7. The Morgan fingerprint density at radius 1 is 1.40 bits per heavy atom. The van der Waals surface area contributed by atoms with Crippen molar-refractivity contribution in [3.8, 4) is 0 Å². The highest BCUT2D eigenvalue weighted by Crippen LogP contribution is 2.27. The van der Waals surface area contributed by atoms with E-state index in [-0.39, 0.29) is 5.91 Å². The minimum absolute atomic E-state index is 0.246. The third-order valence-electron chi connectivity index (χ3n) is 2.51. The normalized spacial score (nSPS) is 10.1. The lowest BCUT2D eigenvalue weighted by Crippen LogP contribution is -2.13. The van der Waals surface area contributed by atoms with Crippen LogP contribution in [0.1, 0.15) is 10.4 Å². The summed E-state index contributed by atoms with van der Waals surface area (Å²) in [5.74, 6) is 0.534. The van der Waals surface area contributed by atoms with Gasteiger partial charge in [-0.15, -0.1) is 18.3 Å². The van der Waals surface area contributed by atoms with Crippen LogP contribution in [-0.2, 0) is 0 Å². The molecule has 0 bridgehead atoms. The van der Waals surface area contributed by atoms with E-state index in [1.807, 2.05) is 30.3 Å². The number of amides is 1. The molecule has 0 aliphatic rings. The second-order valence-corrected chi connectivity index (χ2v) is 5.37. The summed E-state index contributed by atoms with van der Waals surface area (Å²) in [5.41, 5.74) is 1.17. The van der Waals surface area contributed by atoms with Gasteiger partial charge in [-0.3, -0.25) is 9.78 Å². The molecule has 0 saturated heterocycles. The van der Waals surface area contributed by atoms with E-state index >= 15 is 0 Å². The summed E-state index contributed by atoms with van der Waals surface area (Å²) in [4.78, 5) is 17.1. The van der Waals surface area contributed by atoms with Gasteiger partial charge < -0.3 is 5.32 Å². The molecule has 5 heteroatoms. The number of nitrogens with one attached hydrogen (secondary N) is 1. The summed E-state index contributed by atoms with van der Waals surface area (Å²) in [5, 5.41) is 3.20. The summed E-state index contributed by atoms with van der Waals surface area (Å²) in [6, 6.07) is 9.22. The molecule has 20 heavy (non-hydrogen) atoms. The van der Waals surface area contributed by atoms with E-state index in [0.717, 1.165) is 16.3 Å². The number of halogens is 1. The molecule has 0 spiro atoms. The molecule has 0 unspecified atom stereocenters. The zero-order valence-corrected chi connectivity index (χ0v) is 12.2. The quantitative estimate of drug-likeness (QED) is 0.662. The average molecular weight is 305 g/mol. The maximum absolute atomic E-state index is 12.2. The monoisotopic (exact) mass is 304 g/mol. The van der Waals surface area contributed by atoms with Gasteiger partial charge in [-0.1, -0.05) is 29.8 Å². The molecule has 1 aromatic heterocycles. The van der Waals surface area contributed by atoms with Crippen LogP contribution in [0.25, 0.3) is 0 Å². The number of hydrogen-bond donors (Lipinski definition) is 1. The number of rotatable bonds is 5. The molecule has 0 aliphatic carbocycles. The number of aromatic nitrogens is 1. The van der Waals surface area contributed by atoms with Gasteiger partial charge in [0.25, 0.3) is 5.91 Å². The van der Waals surface area contributed by atoms with Crippen molar-refractivity contribution in [2.24, 2.45) is 0 Å². The fraction of sp³-hybridized carbons (Fsp3) is 0.0667. The van der Waals surface area contributed by atoms with Gasteiger partial charge in [0.2, 0.25) is 0 Å². The van der Waals surface area contributed by atoms with E-state index in [1.165, 1.54) is 6.20 Å². The third kappa shape index (κ3) is 3.62. The van der Waals surface area contributed by atoms with Crippen LogP contribution in [0.5, 0.6) is 0 Å².